The number of aryl methyl sites for hydroxylation is 1. The first-order chi connectivity index (χ1) is 10.3. The maximum absolute atomic E-state index is 3.52. The molecular weight excluding hydrogens is 258 g/mol. The molecular formula is C18H27N3. The van der Waals surface area contributed by atoms with Crippen molar-refractivity contribution in [3.05, 3.63) is 36.0 Å². The number of para-hydroxylation sites is 1. The van der Waals surface area contributed by atoms with Crippen molar-refractivity contribution < 1.29 is 0 Å². The van der Waals surface area contributed by atoms with E-state index < -0.39 is 0 Å². The number of nitrogens with one attached hydrogen (secondary N) is 1. The van der Waals surface area contributed by atoms with E-state index in [4.69, 9.17) is 0 Å². The smallest absolute Gasteiger partial charge is 0.0483 e. The van der Waals surface area contributed by atoms with Crippen LogP contribution in [0.4, 0.5) is 0 Å². The molecule has 1 fully saturated rings. The molecule has 0 spiro atoms. The minimum absolute atomic E-state index is 0.809. The van der Waals surface area contributed by atoms with Gasteiger partial charge in [0.15, 0.2) is 0 Å². The highest BCUT2D eigenvalue weighted by Gasteiger charge is 2.16. The zero-order valence-electron chi connectivity index (χ0n) is 13.3. The van der Waals surface area contributed by atoms with Crippen molar-refractivity contribution in [3.8, 4) is 0 Å². The number of rotatable bonds is 5. The van der Waals surface area contributed by atoms with Gasteiger partial charge in [0.1, 0.15) is 0 Å². The molecule has 1 aromatic carbocycles. The average Bonchev–Trinajstić information content (AvgIpc) is 2.86. The first-order valence-electron chi connectivity index (χ1n) is 8.24. The molecule has 1 N–H and O–H groups in total. The fourth-order valence-corrected chi connectivity index (χ4v) is 3.59. The van der Waals surface area contributed by atoms with Crippen LogP contribution in [0.1, 0.15) is 25.3 Å². The van der Waals surface area contributed by atoms with Crippen LogP contribution < -0.4 is 5.32 Å². The van der Waals surface area contributed by atoms with E-state index in [0.717, 1.165) is 19.0 Å². The van der Waals surface area contributed by atoms with Gasteiger partial charge in [-0.25, -0.2) is 0 Å². The van der Waals surface area contributed by atoms with Crippen molar-refractivity contribution in [1.29, 1.82) is 0 Å². The number of benzene rings is 1. The number of hydrogen-bond acceptors (Lipinski definition) is 2. The monoisotopic (exact) mass is 285 g/mol. The van der Waals surface area contributed by atoms with Gasteiger partial charge in [0.25, 0.3) is 0 Å². The van der Waals surface area contributed by atoms with E-state index in [9.17, 15) is 0 Å². The van der Waals surface area contributed by atoms with Crippen molar-refractivity contribution >= 4 is 10.9 Å². The van der Waals surface area contributed by atoms with E-state index in [2.05, 4.69) is 59.2 Å². The molecule has 114 valence electrons. The van der Waals surface area contributed by atoms with Crippen molar-refractivity contribution in [2.75, 3.05) is 26.7 Å². The van der Waals surface area contributed by atoms with Gasteiger partial charge in [0.2, 0.25) is 0 Å². The summed E-state index contributed by atoms with van der Waals surface area (Å²) in [7, 11) is 2.26. The summed E-state index contributed by atoms with van der Waals surface area (Å²) in [6.07, 6.45) is 5.03. The Morgan fingerprint density at radius 1 is 1.33 bits per heavy atom. The van der Waals surface area contributed by atoms with E-state index in [1.54, 1.807) is 0 Å². The van der Waals surface area contributed by atoms with Crippen LogP contribution in [0.2, 0.25) is 0 Å². The minimum atomic E-state index is 0.809. The van der Waals surface area contributed by atoms with Gasteiger partial charge in [-0.2, -0.15) is 0 Å². The summed E-state index contributed by atoms with van der Waals surface area (Å²) in [6, 6.07) is 8.77. The first kappa shape index (κ1) is 14.6. The van der Waals surface area contributed by atoms with Crippen LogP contribution in [0.15, 0.2) is 30.5 Å². The van der Waals surface area contributed by atoms with E-state index in [1.165, 1.54) is 48.9 Å². The lowest BCUT2D eigenvalue weighted by Crippen LogP contribution is -2.36. The van der Waals surface area contributed by atoms with Gasteiger partial charge >= 0.3 is 0 Å². The van der Waals surface area contributed by atoms with E-state index >= 15 is 0 Å². The van der Waals surface area contributed by atoms with Gasteiger partial charge in [-0.05, 0) is 57.5 Å². The summed E-state index contributed by atoms with van der Waals surface area (Å²) >= 11 is 0. The molecule has 2 aromatic rings. The molecule has 1 aromatic heterocycles. The molecule has 1 atom stereocenters. The summed E-state index contributed by atoms with van der Waals surface area (Å²) in [6.45, 7) is 7.87. The summed E-state index contributed by atoms with van der Waals surface area (Å²) in [4.78, 5) is 2.49. The molecule has 1 aliphatic rings. The molecule has 1 aliphatic heterocycles. The predicted molar refractivity (Wildman–Crippen MR) is 89.5 cm³/mol. The summed E-state index contributed by atoms with van der Waals surface area (Å²) in [5, 5.41) is 4.93. The molecule has 3 rings (SSSR count). The molecule has 1 unspecified atom stereocenters. The Morgan fingerprint density at radius 2 is 2.19 bits per heavy atom. The summed E-state index contributed by atoms with van der Waals surface area (Å²) in [5.41, 5.74) is 2.82. The number of fused-ring (bicyclic) bond motifs is 1. The predicted octanol–water partition coefficient (Wildman–Crippen LogP) is 3.09. The number of aromatic nitrogens is 1. The second-order valence-electron chi connectivity index (χ2n) is 6.37. The van der Waals surface area contributed by atoms with Gasteiger partial charge in [-0.1, -0.05) is 18.2 Å². The Kier molecular flexibility index (Phi) is 4.61. The van der Waals surface area contributed by atoms with Gasteiger partial charge < -0.3 is 14.8 Å². The third-order valence-corrected chi connectivity index (χ3v) is 4.62. The molecule has 21 heavy (non-hydrogen) atoms. The highest BCUT2D eigenvalue weighted by molar-refractivity contribution is 5.83. The standard InChI is InChI=1S/C18H27N3/c1-3-21-14-16(17-8-4-5-9-18(17)21)13-20(2)12-15-7-6-10-19-11-15/h4-5,8-9,14-15,19H,3,6-7,10-13H2,1-2H3. The fourth-order valence-electron chi connectivity index (χ4n) is 3.59. The van der Waals surface area contributed by atoms with E-state index in [-0.39, 0.29) is 0 Å². The molecule has 1 saturated heterocycles. The van der Waals surface area contributed by atoms with Crippen molar-refractivity contribution in [2.45, 2.75) is 32.9 Å². The fraction of sp³-hybridized carbons (Fsp3) is 0.556. The molecule has 0 saturated carbocycles. The van der Waals surface area contributed by atoms with Gasteiger partial charge in [0, 0.05) is 36.7 Å². The second-order valence-corrected chi connectivity index (χ2v) is 6.37. The lowest BCUT2D eigenvalue weighted by atomic mass is 9.99. The lowest BCUT2D eigenvalue weighted by molar-refractivity contribution is 0.238. The molecule has 2 heterocycles. The van der Waals surface area contributed by atoms with Crippen LogP contribution in [-0.2, 0) is 13.1 Å². The van der Waals surface area contributed by atoms with Crippen LogP contribution in [0.25, 0.3) is 10.9 Å². The Labute approximate surface area is 127 Å². The van der Waals surface area contributed by atoms with E-state index in [0.29, 0.717) is 0 Å². The average molecular weight is 285 g/mol. The number of nitrogens with zero attached hydrogens (tertiary/aromatic N) is 2. The van der Waals surface area contributed by atoms with Gasteiger partial charge in [-0.15, -0.1) is 0 Å². The topological polar surface area (TPSA) is 20.2 Å². The summed E-state index contributed by atoms with van der Waals surface area (Å²) in [5.74, 6) is 0.809. The normalized spacial score (nSPS) is 19.5. The largest absolute Gasteiger partial charge is 0.347 e. The van der Waals surface area contributed by atoms with Crippen LogP contribution >= 0.6 is 0 Å². The van der Waals surface area contributed by atoms with Crippen LogP contribution in [0, 0.1) is 5.92 Å². The van der Waals surface area contributed by atoms with Crippen molar-refractivity contribution in [3.63, 3.8) is 0 Å². The Hall–Kier alpha value is -1.32. The maximum Gasteiger partial charge on any atom is 0.0483 e. The second kappa shape index (κ2) is 6.63. The zero-order chi connectivity index (χ0) is 14.7. The maximum atomic E-state index is 3.52. The Bertz CT molecular complexity index is 581. The molecule has 0 bridgehead atoms. The number of piperidine rings is 1. The zero-order valence-corrected chi connectivity index (χ0v) is 13.3. The minimum Gasteiger partial charge on any atom is -0.347 e. The van der Waals surface area contributed by atoms with Gasteiger partial charge in [-0.3, -0.25) is 0 Å². The molecule has 0 radical (unpaired) electrons. The van der Waals surface area contributed by atoms with Crippen LogP contribution in [0.3, 0.4) is 0 Å². The highest BCUT2D eigenvalue weighted by Crippen LogP contribution is 2.23. The molecule has 3 nitrogen and oxygen atoms in total. The van der Waals surface area contributed by atoms with Crippen LogP contribution in [0.5, 0.6) is 0 Å². The molecule has 3 heteroatoms. The quantitative estimate of drug-likeness (QED) is 0.911. The summed E-state index contributed by atoms with van der Waals surface area (Å²) < 4.78 is 2.36. The van der Waals surface area contributed by atoms with Gasteiger partial charge in [0.05, 0.1) is 0 Å². The SMILES string of the molecule is CCn1cc(CN(C)CC2CCCNC2)c2ccccc21. The Balaban J connectivity index is 1.71. The Morgan fingerprint density at radius 3 is 2.95 bits per heavy atom. The third-order valence-electron chi connectivity index (χ3n) is 4.62. The van der Waals surface area contributed by atoms with Crippen molar-refractivity contribution in [1.82, 2.24) is 14.8 Å². The first-order valence-corrected chi connectivity index (χ1v) is 8.24. The molecule has 0 aliphatic carbocycles. The third kappa shape index (κ3) is 3.30. The van der Waals surface area contributed by atoms with Crippen molar-refractivity contribution in [2.24, 2.45) is 5.92 Å². The lowest BCUT2D eigenvalue weighted by Gasteiger charge is -2.27. The number of hydrogen-bond donors (Lipinski definition) is 1. The highest BCUT2D eigenvalue weighted by atomic mass is 15.1. The van der Waals surface area contributed by atoms with E-state index in [1.807, 2.05) is 0 Å². The molecule has 0 amide bonds. The van der Waals surface area contributed by atoms with Crippen LogP contribution in [-0.4, -0.2) is 36.1 Å².